The van der Waals surface area contributed by atoms with Crippen LogP contribution in [0.3, 0.4) is 0 Å². The van der Waals surface area contributed by atoms with Crippen LogP contribution in [-0.2, 0) is 25.9 Å². The SMILES string of the molecule is CCCCOc1ccc(Cc2cc(C3CCNCC3)n(CC)n2)cc1.CCn1nc(Cc2ccc(OC(C)(C)C)cc2)cc1C1CCNCC1. The van der Waals surface area contributed by atoms with Gasteiger partial charge < -0.3 is 20.1 Å². The smallest absolute Gasteiger partial charge is 0.120 e. The summed E-state index contributed by atoms with van der Waals surface area (Å²) in [7, 11) is 0. The normalized spacial score (nSPS) is 15.8. The first-order valence-corrected chi connectivity index (χ1v) is 19.3. The third-order valence-corrected chi connectivity index (χ3v) is 9.65. The van der Waals surface area contributed by atoms with Gasteiger partial charge in [0.2, 0.25) is 0 Å². The van der Waals surface area contributed by atoms with E-state index < -0.39 is 0 Å². The van der Waals surface area contributed by atoms with E-state index in [1.807, 2.05) is 0 Å². The fourth-order valence-electron chi connectivity index (χ4n) is 7.03. The van der Waals surface area contributed by atoms with Gasteiger partial charge in [-0.15, -0.1) is 0 Å². The van der Waals surface area contributed by atoms with E-state index in [9.17, 15) is 0 Å². The van der Waals surface area contributed by atoms with Crippen LogP contribution in [-0.4, -0.2) is 57.9 Å². The van der Waals surface area contributed by atoms with Gasteiger partial charge in [0.1, 0.15) is 17.1 Å². The summed E-state index contributed by atoms with van der Waals surface area (Å²) in [5.41, 5.74) is 7.57. The van der Waals surface area contributed by atoms with Crippen LogP contribution in [0.25, 0.3) is 0 Å². The molecule has 0 unspecified atom stereocenters. The Balaban J connectivity index is 0.000000194. The highest BCUT2D eigenvalue weighted by Gasteiger charge is 2.22. The predicted octanol–water partition coefficient (Wildman–Crippen LogP) is 8.28. The molecule has 0 saturated carbocycles. The monoisotopic (exact) mass is 682 g/mol. The molecule has 0 atom stereocenters. The van der Waals surface area contributed by atoms with Gasteiger partial charge in [-0.25, -0.2) is 0 Å². The van der Waals surface area contributed by atoms with Gasteiger partial charge in [0.25, 0.3) is 0 Å². The van der Waals surface area contributed by atoms with Crippen molar-refractivity contribution in [3.63, 3.8) is 0 Å². The van der Waals surface area contributed by atoms with E-state index in [1.54, 1.807) is 0 Å². The summed E-state index contributed by atoms with van der Waals surface area (Å²) in [6, 6.07) is 21.5. The second-order valence-corrected chi connectivity index (χ2v) is 14.9. The van der Waals surface area contributed by atoms with Crippen molar-refractivity contribution in [3.05, 3.63) is 94.6 Å². The molecule has 6 rings (SSSR count). The zero-order chi connectivity index (χ0) is 35.3. The number of unbranched alkanes of at least 4 members (excludes halogenated alkanes) is 1. The van der Waals surface area contributed by atoms with E-state index in [0.29, 0.717) is 11.8 Å². The lowest BCUT2D eigenvalue weighted by molar-refractivity contribution is 0.131. The molecule has 2 aromatic heterocycles. The summed E-state index contributed by atoms with van der Waals surface area (Å²) < 4.78 is 16.0. The topological polar surface area (TPSA) is 78.2 Å². The van der Waals surface area contributed by atoms with Gasteiger partial charge in [-0.05, 0) is 140 Å². The highest BCUT2D eigenvalue weighted by molar-refractivity contribution is 5.32. The summed E-state index contributed by atoms with van der Waals surface area (Å²) in [6.45, 7) is 19.9. The molecule has 272 valence electrons. The van der Waals surface area contributed by atoms with Crippen LogP contribution >= 0.6 is 0 Å². The fraction of sp³-hybridized carbons (Fsp3) is 0.571. The molecule has 0 spiro atoms. The molecule has 8 nitrogen and oxygen atoms in total. The van der Waals surface area contributed by atoms with Gasteiger partial charge in [-0.2, -0.15) is 10.2 Å². The average molecular weight is 683 g/mol. The minimum atomic E-state index is -0.162. The number of aromatic nitrogens is 4. The van der Waals surface area contributed by atoms with Crippen LogP contribution in [0.2, 0.25) is 0 Å². The molecule has 2 aliphatic rings. The summed E-state index contributed by atoms with van der Waals surface area (Å²) >= 11 is 0. The van der Waals surface area contributed by atoms with Crippen LogP contribution in [0.4, 0.5) is 0 Å². The molecule has 2 saturated heterocycles. The zero-order valence-electron chi connectivity index (χ0n) is 31.6. The van der Waals surface area contributed by atoms with Crippen LogP contribution < -0.4 is 20.1 Å². The number of nitrogens with one attached hydrogen (secondary N) is 2. The molecule has 0 radical (unpaired) electrons. The summed E-state index contributed by atoms with van der Waals surface area (Å²) in [5.74, 6) is 3.18. The Kier molecular flexibility index (Phi) is 14.0. The van der Waals surface area contributed by atoms with Gasteiger partial charge in [0, 0.05) is 49.2 Å². The maximum absolute atomic E-state index is 5.90. The van der Waals surface area contributed by atoms with Crippen molar-refractivity contribution >= 4 is 0 Å². The largest absolute Gasteiger partial charge is 0.494 e. The van der Waals surface area contributed by atoms with Crippen LogP contribution in [0.1, 0.15) is 126 Å². The first-order chi connectivity index (χ1) is 24.2. The van der Waals surface area contributed by atoms with E-state index in [-0.39, 0.29) is 5.60 Å². The van der Waals surface area contributed by atoms with Crippen LogP contribution in [0.5, 0.6) is 11.5 Å². The number of ether oxygens (including phenoxy) is 2. The summed E-state index contributed by atoms with van der Waals surface area (Å²) in [4.78, 5) is 0. The van der Waals surface area contributed by atoms with Crippen molar-refractivity contribution in [1.29, 1.82) is 0 Å². The Morgan fingerprint density at radius 2 is 1.10 bits per heavy atom. The van der Waals surface area contributed by atoms with Crippen LogP contribution in [0.15, 0.2) is 60.7 Å². The van der Waals surface area contributed by atoms with Crippen molar-refractivity contribution < 1.29 is 9.47 Å². The third-order valence-electron chi connectivity index (χ3n) is 9.65. The number of piperidine rings is 2. The Morgan fingerprint density at radius 3 is 1.50 bits per heavy atom. The first-order valence-electron chi connectivity index (χ1n) is 19.3. The Morgan fingerprint density at radius 1 is 0.660 bits per heavy atom. The molecule has 50 heavy (non-hydrogen) atoms. The van der Waals surface area contributed by atoms with Crippen molar-refractivity contribution in [2.24, 2.45) is 0 Å². The predicted molar refractivity (Wildman–Crippen MR) is 205 cm³/mol. The Bertz CT molecular complexity index is 1560. The van der Waals surface area contributed by atoms with Crippen LogP contribution in [0, 0.1) is 0 Å². The number of hydrogen-bond acceptors (Lipinski definition) is 6. The molecule has 0 amide bonds. The van der Waals surface area contributed by atoms with Crippen molar-refractivity contribution in [3.8, 4) is 11.5 Å². The molecule has 4 heterocycles. The summed E-state index contributed by atoms with van der Waals surface area (Å²) in [6.07, 6.45) is 8.89. The lowest BCUT2D eigenvalue weighted by atomic mass is 9.94. The Labute approximate surface area is 301 Å². The number of aryl methyl sites for hydroxylation is 2. The Hall–Kier alpha value is -3.62. The molecule has 2 fully saturated rings. The molecule has 2 aromatic carbocycles. The molecule has 4 aromatic rings. The molecule has 0 aliphatic carbocycles. The van der Waals surface area contributed by atoms with Gasteiger partial charge in [0.05, 0.1) is 18.0 Å². The molecule has 2 aliphatic heterocycles. The minimum Gasteiger partial charge on any atom is -0.494 e. The number of nitrogens with zero attached hydrogens (tertiary/aromatic N) is 4. The number of benzene rings is 2. The molecule has 2 N–H and O–H groups in total. The zero-order valence-corrected chi connectivity index (χ0v) is 31.6. The van der Waals surface area contributed by atoms with Gasteiger partial charge in [-0.3, -0.25) is 9.36 Å². The number of hydrogen-bond donors (Lipinski definition) is 2. The standard InChI is InChI=1S/2C21H31N3O/c1-5-24-20(17-10-12-22-13-11-17)15-18(23-24)14-16-6-8-19(9-7-16)25-21(2,3)4;1-3-5-14-25-20-8-6-17(7-9-20)15-19-16-21(24(4-2)23-19)18-10-12-22-13-11-18/h6-9,15,17,22H,5,10-14H2,1-4H3;6-9,16,18,22H,3-5,10-15H2,1-2H3. The minimum absolute atomic E-state index is 0.162. The molecule has 8 heteroatoms. The van der Waals surface area contributed by atoms with Crippen molar-refractivity contribution in [1.82, 2.24) is 30.2 Å². The fourth-order valence-corrected chi connectivity index (χ4v) is 7.03. The van der Waals surface area contributed by atoms with Gasteiger partial charge in [-0.1, -0.05) is 37.6 Å². The quantitative estimate of drug-likeness (QED) is 0.138. The number of rotatable bonds is 13. The first kappa shape index (κ1) is 37.6. The lowest BCUT2D eigenvalue weighted by Gasteiger charge is -2.23. The van der Waals surface area contributed by atoms with Gasteiger partial charge >= 0.3 is 0 Å². The van der Waals surface area contributed by atoms with E-state index in [4.69, 9.17) is 19.7 Å². The van der Waals surface area contributed by atoms with E-state index in [0.717, 1.165) is 83.1 Å². The second-order valence-electron chi connectivity index (χ2n) is 14.9. The maximum atomic E-state index is 5.90. The maximum Gasteiger partial charge on any atom is 0.120 e. The van der Waals surface area contributed by atoms with Crippen molar-refractivity contribution in [2.75, 3.05) is 32.8 Å². The molecular formula is C42H62N6O2. The van der Waals surface area contributed by atoms with E-state index in [2.05, 4.69) is 122 Å². The second kappa shape index (κ2) is 18.6. The van der Waals surface area contributed by atoms with E-state index in [1.165, 1.54) is 59.6 Å². The highest BCUT2D eigenvalue weighted by Crippen LogP contribution is 2.28. The third kappa shape index (κ3) is 11.2. The molecule has 0 bridgehead atoms. The average Bonchev–Trinajstić information content (AvgIpc) is 3.74. The highest BCUT2D eigenvalue weighted by atomic mass is 16.5. The van der Waals surface area contributed by atoms with E-state index >= 15 is 0 Å². The van der Waals surface area contributed by atoms with Crippen molar-refractivity contribution in [2.45, 2.75) is 123 Å². The lowest BCUT2D eigenvalue weighted by Crippen LogP contribution is -2.27. The molecular weight excluding hydrogens is 621 g/mol. The van der Waals surface area contributed by atoms with Gasteiger partial charge in [0.15, 0.2) is 0 Å². The summed E-state index contributed by atoms with van der Waals surface area (Å²) in [5, 5.41) is 16.6.